The highest BCUT2D eigenvalue weighted by atomic mass is 32.2. The summed E-state index contributed by atoms with van der Waals surface area (Å²) in [5.41, 5.74) is 3.10. The van der Waals surface area contributed by atoms with Crippen molar-refractivity contribution in [1.82, 2.24) is 4.31 Å². The second-order valence-corrected chi connectivity index (χ2v) is 9.21. The Morgan fingerprint density at radius 1 is 1.10 bits per heavy atom. The van der Waals surface area contributed by atoms with E-state index >= 15 is 0 Å². The largest absolute Gasteiger partial charge is 0.379 e. The number of anilines is 1. The van der Waals surface area contributed by atoms with Crippen LogP contribution in [-0.2, 0) is 21.2 Å². The molecule has 0 N–H and O–H groups in total. The number of fused-ring (bicyclic) bond motifs is 1. The monoisotopic (exact) mass is 418 g/mol. The fraction of sp³-hybridized carbons (Fsp3) is 0.381. The number of sulfonamides is 1. The van der Waals surface area contributed by atoms with Crippen LogP contribution in [0.2, 0.25) is 0 Å². The van der Waals surface area contributed by atoms with Gasteiger partial charge in [-0.15, -0.1) is 0 Å². The van der Waals surface area contributed by atoms with E-state index in [1.54, 1.807) is 4.90 Å². The molecule has 2 heterocycles. The first-order chi connectivity index (χ1) is 13.9. The summed E-state index contributed by atoms with van der Waals surface area (Å²) < 4.78 is 46.7. The van der Waals surface area contributed by atoms with Gasteiger partial charge in [-0.2, -0.15) is 4.31 Å². The van der Waals surface area contributed by atoms with Crippen LogP contribution in [0.15, 0.2) is 41.3 Å². The molecule has 4 rings (SSSR count). The third kappa shape index (κ3) is 3.68. The zero-order valence-electron chi connectivity index (χ0n) is 16.2. The molecule has 2 aromatic carbocycles. The molecule has 1 fully saturated rings. The van der Waals surface area contributed by atoms with Gasteiger partial charge in [-0.1, -0.05) is 18.2 Å². The molecule has 2 aromatic rings. The van der Waals surface area contributed by atoms with Gasteiger partial charge in [0.15, 0.2) is 0 Å². The molecule has 0 unspecified atom stereocenters. The number of hydrogen-bond acceptors (Lipinski definition) is 4. The van der Waals surface area contributed by atoms with Crippen molar-refractivity contribution >= 4 is 21.6 Å². The van der Waals surface area contributed by atoms with Gasteiger partial charge in [0, 0.05) is 25.2 Å². The number of carbonyl (C=O) groups is 1. The van der Waals surface area contributed by atoms with Crippen molar-refractivity contribution in [1.29, 1.82) is 0 Å². The van der Waals surface area contributed by atoms with E-state index in [1.807, 2.05) is 25.1 Å². The maximum absolute atomic E-state index is 14.5. The Balaban J connectivity index is 1.71. The topological polar surface area (TPSA) is 66.9 Å². The van der Waals surface area contributed by atoms with Crippen LogP contribution >= 0.6 is 0 Å². The predicted molar refractivity (Wildman–Crippen MR) is 107 cm³/mol. The normalized spacial score (nSPS) is 17.8. The average molecular weight is 418 g/mol. The van der Waals surface area contributed by atoms with Crippen LogP contribution in [0.4, 0.5) is 10.1 Å². The predicted octanol–water partition coefficient (Wildman–Crippen LogP) is 2.75. The summed E-state index contributed by atoms with van der Waals surface area (Å²) in [6.07, 6.45) is 1.71. The summed E-state index contributed by atoms with van der Waals surface area (Å²) in [6, 6.07) is 9.48. The fourth-order valence-electron chi connectivity index (χ4n) is 3.97. The molecule has 6 nitrogen and oxygen atoms in total. The molecule has 0 bridgehead atoms. The van der Waals surface area contributed by atoms with Crippen LogP contribution in [0.25, 0.3) is 0 Å². The maximum atomic E-state index is 14.5. The van der Waals surface area contributed by atoms with Crippen molar-refractivity contribution in [3.63, 3.8) is 0 Å². The molecular formula is C21H23FN2O4S. The summed E-state index contributed by atoms with van der Waals surface area (Å²) in [4.78, 5) is 14.5. The van der Waals surface area contributed by atoms with E-state index in [0.29, 0.717) is 6.54 Å². The molecule has 1 saturated heterocycles. The molecule has 8 heteroatoms. The Morgan fingerprint density at radius 2 is 1.86 bits per heavy atom. The molecule has 154 valence electrons. The molecule has 1 amide bonds. The Morgan fingerprint density at radius 3 is 2.62 bits per heavy atom. The summed E-state index contributed by atoms with van der Waals surface area (Å²) in [7, 11) is -4.04. The minimum absolute atomic E-state index is 0.161. The van der Waals surface area contributed by atoms with Crippen molar-refractivity contribution in [2.24, 2.45) is 0 Å². The SMILES string of the molecule is Cc1cccc2c1N(C(=O)c1ccc(F)c(S(=O)(=O)N3CCOCC3)c1)CCC2. The maximum Gasteiger partial charge on any atom is 0.258 e. The highest BCUT2D eigenvalue weighted by molar-refractivity contribution is 7.89. The third-order valence-corrected chi connectivity index (χ3v) is 7.34. The van der Waals surface area contributed by atoms with Gasteiger partial charge in [0.2, 0.25) is 10.0 Å². The molecule has 29 heavy (non-hydrogen) atoms. The van der Waals surface area contributed by atoms with Gasteiger partial charge < -0.3 is 9.64 Å². The molecule has 0 spiro atoms. The van der Waals surface area contributed by atoms with Crippen LogP contribution in [0, 0.1) is 12.7 Å². The Bertz CT molecular complexity index is 1050. The molecule has 0 aromatic heterocycles. The molecule has 0 atom stereocenters. The highest BCUT2D eigenvalue weighted by Crippen LogP contribution is 2.32. The molecule has 2 aliphatic heterocycles. The van der Waals surface area contributed by atoms with E-state index in [1.165, 1.54) is 10.4 Å². The van der Waals surface area contributed by atoms with Crippen molar-refractivity contribution in [2.75, 3.05) is 37.7 Å². The quantitative estimate of drug-likeness (QED) is 0.769. The Hall–Kier alpha value is -2.29. The lowest BCUT2D eigenvalue weighted by Gasteiger charge is -2.31. The standard InChI is InChI=1S/C21H23FN2O4S/c1-15-4-2-5-16-6-3-9-24(20(15)16)21(25)17-7-8-18(22)19(14-17)29(26,27)23-10-12-28-13-11-23/h2,4-5,7-8,14H,3,6,9-13H2,1H3. The van der Waals surface area contributed by atoms with Gasteiger partial charge in [0.05, 0.1) is 18.9 Å². The second-order valence-electron chi connectivity index (χ2n) is 7.30. The van der Waals surface area contributed by atoms with Crippen molar-refractivity contribution in [3.8, 4) is 0 Å². The van der Waals surface area contributed by atoms with Gasteiger partial charge in [0.25, 0.3) is 5.91 Å². The minimum Gasteiger partial charge on any atom is -0.379 e. The zero-order valence-corrected chi connectivity index (χ0v) is 17.0. The van der Waals surface area contributed by atoms with Gasteiger partial charge in [0.1, 0.15) is 10.7 Å². The molecular weight excluding hydrogens is 395 g/mol. The molecule has 0 radical (unpaired) electrons. The van der Waals surface area contributed by atoms with E-state index in [0.717, 1.165) is 41.8 Å². The fourth-order valence-corrected chi connectivity index (χ4v) is 5.46. The first-order valence-corrected chi connectivity index (χ1v) is 11.1. The number of benzene rings is 2. The first kappa shape index (κ1) is 20.0. The number of halogens is 1. The van der Waals surface area contributed by atoms with Crippen LogP contribution in [0.3, 0.4) is 0 Å². The number of carbonyl (C=O) groups excluding carboxylic acids is 1. The molecule has 0 saturated carbocycles. The number of amides is 1. The van der Waals surface area contributed by atoms with Crippen LogP contribution < -0.4 is 4.90 Å². The van der Waals surface area contributed by atoms with E-state index in [4.69, 9.17) is 4.74 Å². The van der Waals surface area contributed by atoms with Gasteiger partial charge in [-0.05, 0) is 49.1 Å². The van der Waals surface area contributed by atoms with E-state index in [9.17, 15) is 17.6 Å². The smallest absolute Gasteiger partial charge is 0.258 e. The molecule has 2 aliphatic rings. The summed E-state index contributed by atoms with van der Waals surface area (Å²) in [5, 5.41) is 0. The highest BCUT2D eigenvalue weighted by Gasteiger charge is 2.31. The Labute approximate surface area is 169 Å². The number of rotatable bonds is 3. The summed E-state index contributed by atoms with van der Waals surface area (Å²) in [6.45, 7) is 3.35. The summed E-state index contributed by atoms with van der Waals surface area (Å²) in [5.74, 6) is -1.18. The number of para-hydroxylation sites is 1. The zero-order chi connectivity index (χ0) is 20.6. The lowest BCUT2D eigenvalue weighted by Crippen LogP contribution is -2.41. The van der Waals surface area contributed by atoms with Crippen LogP contribution in [0.1, 0.15) is 27.9 Å². The van der Waals surface area contributed by atoms with Crippen molar-refractivity contribution < 1.29 is 22.3 Å². The Kier molecular flexibility index (Phi) is 5.42. The van der Waals surface area contributed by atoms with E-state index in [2.05, 4.69) is 0 Å². The average Bonchev–Trinajstić information content (AvgIpc) is 2.74. The van der Waals surface area contributed by atoms with Crippen molar-refractivity contribution in [2.45, 2.75) is 24.7 Å². The lowest BCUT2D eigenvalue weighted by molar-refractivity contribution is 0.0729. The molecule has 0 aliphatic carbocycles. The number of nitrogens with zero attached hydrogens (tertiary/aromatic N) is 2. The third-order valence-electron chi connectivity index (χ3n) is 5.43. The van der Waals surface area contributed by atoms with E-state index < -0.39 is 20.7 Å². The number of hydrogen-bond donors (Lipinski definition) is 0. The number of ether oxygens (including phenoxy) is 1. The van der Waals surface area contributed by atoms with Crippen molar-refractivity contribution in [3.05, 3.63) is 58.9 Å². The second kappa shape index (κ2) is 7.85. The van der Waals surface area contributed by atoms with Gasteiger partial charge in [-0.25, -0.2) is 12.8 Å². The van der Waals surface area contributed by atoms with E-state index in [-0.39, 0.29) is 37.8 Å². The first-order valence-electron chi connectivity index (χ1n) is 9.67. The van der Waals surface area contributed by atoms with Gasteiger partial charge in [-0.3, -0.25) is 4.79 Å². The number of morpholine rings is 1. The van der Waals surface area contributed by atoms with Crippen LogP contribution in [0.5, 0.6) is 0 Å². The lowest BCUT2D eigenvalue weighted by atomic mass is 9.97. The van der Waals surface area contributed by atoms with Gasteiger partial charge >= 0.3 is 0 Å². The summed E-state index contributed by atoms with van der Waals surface area (Å²) >= 11 is 0. The van der Waals surface area contributed by atoms with Crippen LogP contribution in [-0.4, -0.2) is 51.5 Å². The minimum atomic E-state index is -4.04. The number of aryl methyl sites for hydroxylation is 2.